The monoisotopic (exact) mass is 345 g/mol. The number of methoxy groups -OCH3 is 1. The standard InChI is InChI=1S/C12H15N3O3S3/c1-7-5-9(18-3)6-8(2)10(7)21(16,17)15-11-13-14-12(19-4)20-11/h5-6H,1-4H3,(H,13,15). The van der Waals surface area contributed by atoms with Gasteiger partial charge in [0.1, 0.15) is 5.75 Å². The van der Waals surface area contributed by atoms with Crippen molar-refractivity contribution in [3.05, 3.63) is 23.3 Å². The molecule has 114 valence electrons. The van der Waals surface area contributed by atoms with Gasteiger partial charge in [0.15, 0.2) is 4.34 Å². The van der Waals surface area contributed by atoms with Gasteiger partial charge in [0, 0.05) is 0 Å². The van der Waals surface area contributed by atoms with Crippen molar-refractivity contribution in [3.8, 4) is 5.75 Å². The second kappa shape index (κ2) is 6.20. The van der Waals surface area contributed by atoms with Crippen molar-refractivity contribution >= 4 is 38.3 Å². The number of hydrogen-bond acceptors (Lipinski definition) is 7. The summed E-state index contributed by atoms with van der Waals surface area (Å²) in [6.07, 6.45) is 1.86. The van der Waals surface area contributed by atoms with Gasteiger partial charge in [-0.2, -0.15) is 0 Å². The average molecular weight is 345 g/mol. The van der Waals surface area contributed by atoms with Crippen molar-refractivity contribution in [1.82, 2.24) is 10.2 Å². The molecule has 0 spiro atoms. The molecule has 2 aromatic rings. The first-order chi connectivity index (χ1) is 9.87. The lowest BCUT2D eigenvalue weighted by Crippen LogP contribution is -2.15. The van der Waals surface area contributed by atoms with Crippen LogP contribution in [0, 0.1) is 13.8 Å². The van der Waals surface area contributed by atoms with Crippen LogP contribution >= 0.6 is 23.1 Å². The second-order valence-corrected chi connectivity index (χ2v) is 7.92. The first-order valence-electron chi connectivity index (χ1n) is 5.93. The maximum absolute atomic E-state index is 12.5. The van der Waals surface area contributed by atoms with Gasteiger partial charge >= 0.3 is 0 Å². The Labute approximate surface area is 132 Å². The topological polar surface area (TPSA) is 81.2 Å². The summed E-state index contributed by atoms with van der Waals surface area (Å²) in [5.74, 6) is 0.629. The molecule has 0 fully saturated rings. The molecular weight excluding hydrogens is 330 g/mol. The first-order valence-corrected chi connectivity index (χ1v) is 9.45. The Morgan fingerprint density at radius 3 is 2.33 bits per heavy atom. The van der Waals surface area contributed by atoms with Gasteiger partial charge in [-0.25, -0.2) is 8.42 Å². The van der Waals surface area contributed by atoms with Gasteiger partial charge in [-0.05, 0) is 43.4 Å². The van der Waals surface area contributed by atoms with Gasteiger partial charge in [-0.15, -0.1) is 10.2 Å². The van der Waals surface area contributed by atoms with Gasteiger partial charge in [-0.3, -0.25) is 4.72 Å². The highest BCUT2D eigenvalue weighted by molar-refractivity contribution is 8.00. The molecule has 1 aromatic heterocycles. The molecule has 21 heavy (non-hydrogen) atoms. The number of rotatable bonds is 5. The SMILES string of the molecule is COc1cc(C)c(S(=O)(=O)Nc2nnc(SC)s2)c(C)c1. The molecular formula is C12H15N3O3S3. The second-order valence-electron chi connectivity index (χ2n) is 4.27. The van der Waals surface area contributed by atoms with Gasteiger partial charge in [0.25, 0.3) is 10.0 Å². The van der Waals surface area contributed by atoms with Crippen LogP contribution in [0.2, 0.25) is 0 Å². The Hall–Kier alpha value is -1.32. The third-order valence-corrected chi connectivity index (χ3v) is 6.33. The number of nitrogens with one attached hydrogen (secondary N) is 1. The number of aromatic nitrogens is 2. The maximum atomic E-state index is 12.5. The number of nitrogens with zero attached hydrogens (tertiary/aromatic N) is 2. The lowest BCUT2D eigenvalue weighted by Gasteiger charge is -2.12. The summed E-state index contributed by atoms with van der Waals surface area (Å²) >= 11 is 2.62. The minimum Gasteiger partial charge on any atom is -0.497 e. The smallest absolute Gasteiger partial charge is 0.264 e. The molecule has 0 saturated heterocycles. The van der Waals surface area contributed by atoms with Gasteiger partial charge < -0.3 is 4.74 Å². The van der Waals surface area contributed by atoms with Crippen LogP contribution in [0.25, 0.3) is 0 Å². The zero-order valence-electron chi connectivity index (χ0n) is 12.0. The predicted octanol–water partition coefficient (Wildman–Crippen LogP) is 2.69. The van der Waals surface area contributed by atoms with Crippen molar-refractivity contribution in [1.29, 1.82) is 0 Å². The van der Waals surface area contributed by atoms with Crippen molar-refractivity contribution < 1.29 is 13.2 Å². The van der Waals surface area contributed by atoms with Gasteiger partial charge in [0.05, 0.1) is 12.0 Å². The summed E-state index contributed by atoms with van der Waals surface area (Å²) in [5, 5.41) is 7.95. The zero-order chi connectivity index (χ0) is 15.6. The van der Waals surface area contributed by atoms with E-state index in [1.807, 2.05) is 6.26 Å². The van der Waals surface area contributed by atoms with Gasteiger partial charge in [-0.1, -0.05) is 23.1 Å². The molecule has 0 atom stereocenters. The maximum Gasteiger partial charge on any atom is 0.264 e. The highest BCUT2D eigenvalue weighted by Crippen LogP contribution is 2.29. The van der Waals surface area contributed by atoms with E-state index < -0.39 is 10.0 Å². The predicted molar refractivity (Wildman–Crippen MR) is 85.0 cm³/mol. The number of anilines is 1. The highest BCUT2D eigenvalue weighted by Gasteiger charge is 2.22. The van der Waals surface area contributed by atoms with E-state index >= 15 is 0 Å². The fraction of sp³-hybridized carbons (Fsp3) is 0.333. The summed E-state index contributed by atoms with van der Waals surface area (Å²) < 4.78 is 33.4. The summed E-state index contributed by atoms with van der Waals surface area (Å²) in [4.78, 5) is 0.240. The van der Waals surface area contributed by atoms with E-state index in [4.69, 9.17) is 4.74 Å². The normalized spacial score (nSPS) is 11.4. The van der Waals surface area contributed by atoms with E-state index in [1.54, 1.807) is 33.1 Å². The Balaban J connectivity index is 2.40. The van der Waals surface area contributed by atoms with Crippen LogP contribution in [0.5, 0.6) is 5.75 Å². The minimum absolute atomic E-state index is 0.240. The van der Waals surface area contributed by atoms with Crippen molar-refractivity contribution in [2.24, 2.45) is 0 Å². The number of thioether (sulfide) groups is 1. The number of aryl methyl sites for hydroxylation is 2. The summed E-state index contributed by atoms with van der Waals surface area (Å²) in [7, 11) is -2.15. The number of benzene rings is 1. The van der Waals surface area contributed by atoms with Crippen LogP contribution in [0.4, 0.5) is 5.13 Å². The molecule has 0 aliphatic rings. The van der Waals surface area contributed by atoms with E-state index in [-0.39, 0.29) is 10.0 Å². The van der Waals surface area contributed by atoms with Crippen LogP contribution in [0.15, 0.2) is 21.4 Å². The Bertz CT molecular complexity index is 733. The number of sulfonamides is 1. The van der Waals surface area contributed by atoms with Crippen molar-refractivity contribution in [3.63, 3.8) is 0 Å². The Morgan fingerprint density at radius 1 is 1.24 bits per heavy atom. The lowest BCUT2D eigenvalue weighted by atomic mass is 10.1. The van der Waals surface area contributed by atoms with E-state index in [2.05, 4.69) is 14.9 Å². The van der Waals surface area contributed by atoms with E-state index in [1.165, 1.54) is 23.1 Å². The molecule has 0 unspecified atom stereocenters. The van der Waals surface area contributed by atoms with Crippen LogP contribution in [-0.4, -0.2) is 32.0 Å². The fourth-order valence-electron chi connectivity index (χ4n) is 1.95. The molecule has 0 aliphatic carbocycles. The molecule has 0 saturated carbocycles. The zero-order valence-corrected chi connectivity index (χ0v) is 14.4. The molecule has 0 bridgehead atoms. The van der Waals surface area contributed by atoms with E-state index in [0.29, 0.717) is 21.2 Å². The van der Waals surface area contributed by atoms with Crippen LogP contribution < -0.4 is 9.46 Å². The summed E-state index contributed by atoms with van der Waals surface area (Å²) in [5.41, 5.74) is 1.24. The van der Waals surface area contributed by atoms with E-state index in [9.17, 15) is 8.42 Å². The summed E-state index contributed by atoms with van der Waals surface area (Å²) in [6, 6.07) is 3.38. The first kappa shape index (κ1) is 16.1. The van der Waals surface area contributed by atoms with Crippen LogP contribution in [0.1, 0.15) is 11.1 Å². The minimum atomic E-state index is -3.70. The largest absolute Gasteiger partial charge is 0.497 e. The molecule has 0 aliphatic heterocycles. The molecule has 0 amide bonds. The molecule has 0 radical (unpaired) electrons. The quantitative estimate of drug-likeness (QED) is 0.839. The average Bonchev–Trinajstić information content (AvgIpc) is 2.84. The number of ether oxygens (including phenoxy) is 1. The molecule has 6 nitrogen and oxygen atoms in total. The van der Waals surface area contributed by atoms with Crippen LogP contribution in [0.3, 0.4) is 0 Å². The fourth-order valence-corrected chi connectivity index (χ4v) is 4.81. The number of hydrogen-bond donors (Lipinski definition) is 1. The van der Waals surface area contributed by atoms with Crippen molar-refractivity contribution in [2.45, 2.75) is 23.1 Å². The third-order valence-electron chi connectivity index (χ3n) is 2.74. The van der Waals surface area contributed by atoms with Crippen LogP contribution in [-0.2, 0) is 10.0 Å². The summed E-state index contributed by atoms with van der Waals surface area (Å²) in [6.45, 7) is 3.47. The molecule has 9 heteroatoms. The van der Waals surface area contributed by atoms with Gasteiger partial charge in [0.2, 0.25) is 5.13 Å². The Morgan fingerprint density at radius 2 is 1.86 bits per heavy atom. The lowest BCUT2D eigenvalue weighted by molar-refractivity contribution is 0.413. The van der Waals surface area contributed by atoms with E-state index in [0.717, 1.165) is 0 Å². The molecule has 1 heterocycles. The Kier molecular flexibility index (Phi) is 4.74. The van der Waals surface area contributed by atoms with Crippen molar-refractivity contribution in [2.75, 3.05) is 18.1 Å². The third kappa shape index (κ3) is 3.47. The highest BCUT2D eigenvalue weighted by atomic mass is 32.2. The molecule has 1 N–H and O–H groups in total. The molecule has 2 rings (SSSR count). The molecule has 1 aromatic carbocycles.